The molecule has 1 saturated heterocycles. The highest BCUT2D eigenvalue weighted by Crippen LogP contribution is 2.23. The third-order valence-electron chi connectivity index (χ3n) is 5.12. The van der Waals surface area contributed by atoms with Crippen LogP contribution in [0, 0.1) is 5.82 Å². The van der Waals surface area contributed by atoms with Gasteiger partial charge in [0.2, 0.25) is 5.91 Å². The molecule has 156 valence electrons. The van der Waals surface area contributed by atoms with Gasteiger partial charge in [-0.15, -0.1) is 0 Å². The molecule has 30 heavy (non-hydrogen) atoms. The number of hydrogen-bond donors (Lipinski definition) is 1. The van der Waals surface area contributed by atoms with Crippen LogP contribution in [-0.2, 0) is 22.5 Å². The molecule has 6 heteroatoms. The first kappa shape index (κ1) is 20.0. The van der Waals surface area contributed by atoms with Crippen LogP contribution in [0.15, 0.2) is 66.9 Å². The van der Waals surface area contributed by atoms with Gasteiger partial charge in [0.15, 0.2) is 0 Å². The Morgan fingerprint density at radius 1 is 1.07 bits per heavy atom. The van der Waals surface area contributed by atoms with E-state index >= 15 is 0 Å². The molecule has 1 amide bonds. The van der Waals surface area contributed by atoms with Gasteiger partial charge in [-0.3, -0.25) is 9.78 Å². The van der Waals surface area contributed by atoms with Crippen molar-refractivity contribution in [2.75, 3.05) is 31.2 Å². The predicted molar refractivity (Wildman–Crippen MR) is 117 cm³/mol. The van der Waals surface area contributed by atoms with Crippen molar-refractivity contribution < 1.29 is 15.3 Å². The van der Waals surface area contributed by atoms with E-state index in [0.717, 1.165) is 43.0 Å². The minimum atomic E-state index is -0.308. The Balaban J connectivity index is 0.00000272. The largest absolute Gasteiger partial charge is 0.378 e. The average Bonchev–Trinajstić information content (AvgIpc) is 2.79. The molecule has 0 spiro atoms. The van der Waals surface area contributed by atoms with Crippen LogP contribution in [0.1, 0.15) is 12.7 Å². The van der Waals surface area contributed by atoms with Crippen LogP contribution in [0.2, 0.25) is 0 Å². The number of benzene rings is 2. The molecule has 4 rings (SSSR count). The smallest absolute Gasteiger partial charge is 0.226 e. The summed E-state index contributed by atoms with van der Waals surface area (Å²) in [6.45, 7) is 3.66. The summed E-state index contributed by atoms with van der Waals surface area (Å²) in [5.74, 6) is -0.452. The number of aromatic nitrogens is 1. The third-order valence-corrected chi connectivity index (χ3v) is 5.12. The van der Waals surface area contributed by atoms with E-state index in [2.05, 4.69) is 39.5 Å². The van der Waals surface area contributed by atoms with Gasteiger partial charge >= 0.3 is 0 Å². The fourth-order valence-electron chi connectivity index (χ4n) is 3.46. The number of ether oxygens (including phenoxy) is 1. The lowest BCUT2D eigenvalue weighted by atomic mass is 10.1. The maximum atomic E-state index is 13.2. The topological polar surface area (TPSA) is 54.5 Å². The van der Waals surface area contributed by atoms with Crippen LogP contribution in [0.4, 0.5) is 10.1 Å². The number of pyridine rings is 1. The highest BCUT2D eigenvalue weighted by Gasteiger charge is 2.11. The van der Waals surface area contributed by atoms with Gasteiger partial charge < -0.3 is 15.0 Å². The fourth-order valence-corrected chi connectivity index (χ4v) is 3.46. The van der Waals surface area contributed by atoms with E-state index in [9.17, 15) is 9.18 Å². The van der Waals surface area contributed by atoms with Crippen molar-refractivity contribution >= 4 is 11.6 Å². The zero-order valence-corrected chi connectivity index (χ0v) is 16.7. The van der Waals surface area contributed by atoms with E-state index in [-0.39, 0.29) is 19.6 Å². The van der Waals surface area contributed by atoms with Crippen molar-refractivity contribution in [3.8, 4) is 11.1 Å². The summed E-state index contributed by atoms with van der Waals surface area (Å²) in [6, 6.07) is 18.5. The zero-order valence-electron chi connectivity index (χ0n) is 16.7. The van der Waals surface area contributed by atoms with Gasteiger partial charge in [-0.25, -0.2) is 4.39 Å². The number of nitrogens with one attached hydrogen (secondary N) is 1. The van der Waals surface area contributed by atoms with Gasteiger partial charge in [-0.2, -0.15) is 0 Å². The van der Waals surface area contributed by atoms with E-state index in [1.54, 1.807) is 18.3 Å². The number of amides is 1. The quantitative estimate of drug-likeness (QED) is 0.675. The molecule has 1 aliphatic rings. The Morgan fingerprint density at radius 2 is 1.83 bits per heavy atom. The molecule has 5 nitrogen and oxygen atoms in total. The number of carbonyl (C=O) groups is 1. The Labute approximate surface area is 177 Å². The Morgan fingerprint density at radius 3 is 2.53 bits per heavy atom. The number of hydrogen-bond acceptors (Lipinski definition) is 4. The van der Waals surface area contributed by atoms with Gasteiger partial charge in [-0.05, 0) is 41.5 Å². The lowest BCUT2D eigenvalue weighted by molar-refractivity contribution is -0.120. The van der Waals surface area contributed by atoms with E-state index < -0.39 is 0 Å². The number of rotatable bonds is 6. The van der Waals surface area contributed by atoms with Gasteiger partial charge in [0, 0.05) is 44.2 Å². The molecule has 3 aromatic rings. The summed E-state index contributed by atoms with van der Waals surface area (Å²) in [5, 5.41) is 2.80. The van der Waals surface area contributed by atoms with Crippen LogP contribution in [0.3, 0.4) is 0 Å². The van der Waals surface area contributed by atoms with Crippen LogP contribution in [0.5, 0.6) is 0 Å². The SMILES string of the molecule is O=C(Cc1ccc(-c2ccc(N3CCOCC3)cc2)cn1)NCc1cccc(F)c1.[HH]. The van der Waals surface area contributed by atoms with Crippen molar-refractivity contribution in [2.24, 2.45) is 0 Å². The first-order valence-corrected chi connectivity index (χ1v) is 10.1. The molecule has 1 aliphatic heterocycles. The first-order valence-electron chi connectivity index (χ1n) is 10.1. The molecule has 0 aliphatic carbocycles. The predicted octanol–water partition coefficient (Wildman–Crippen LogP) is 3.83. The van der Waals surface area contributed by atoms with E-state index in [1.807, 2.05) is 12.1 Å². The van der Waals surface area contributed by atoms with Gasteiger partial charge in [0.1, 0.15) is 5.82 Å². The lowest BCUT2D eigenvalue weighted by Crippen LogP contribution is -2.36. The van der Waals surface area contributed by atoms with Gasteiger partial charge in [0.25, 0.3) is 0 Å². The van der Waals surface area contributed by atoms with Crippen molar-refractivity contribution in [3.63, 3.8) is 0 Å². The monoisotopic (exact) mass is 407 g/mol. The second kappa shape index (κ2) is 9.50. The van der Waals surface area contributed by atoms with E-state index in [0.29, 0.717) is 12.2 Å². The summed E-state index contributed by atoms with van der Waals surface area (Å²) >= 11 is 0. The Bertz CT molecular complexity index is 990. The molecule has 2 heterocycles. The zero-order chi connectivity index (χ0) is 20.8. The lowest BCUT2D eigenvalue weighted by Gasteiger charge is -2.28. The molecule has 1 aromatic heterocycles. The molecule has 2 aromatic carbocycles. The summed E-state index contributed by atoms with van der Waals surface area (Å²) in [4.78, 5) is 18.9. The molecule has 1 fully saturated rings. The summed E-state index contributed by atoms with van der Waals surface area (Å²) in [7, 11) is 0. The number of halogens is 1. The summed E-state index contributed by atoms with van der Waals surface area (Å²) < 4.78 is 18.6. The number of nitrogens with zero attached hydrogens (tertiary/aromatic N) is 2. The molecular formula is C24H26FN3O2. The summed E-state index contributed by atoms with van der Waals surface area (Å²) in [6.07, 6.45) is 1.98. The Kier molecular flexibility index (Phi) is 6.35. The van der Waals surface area contributed by atoms with Crippen LogP contribution in [-0.4, -0.2) is 37.2 Å². The molecule has 0 unspecified atom stereocenters. The molecule has 0 atom stereocenters. The second-order valence-corrected chi connectivity index (χ2v) is 7.27. The highest BCUT2D eigenvalue weighted by atomic mass is 19.1. The molecular weight excluding hydrogens is 381 g/mol. The van der Waals surface area contributed by atoms with E-state index in [4.69, 9.17) is 4.74 Å². The highest BCUT2D eigenvalue weighted by molar-refractivity contribution is 5.78. The maximum absolute atomic E-state index is 13.2. The van der Waals surface area contributed by atoms with Crippen molar-refractivity contribution in [3.05, 3.63) is 83.9 Å². The number of anilines is 1. The third kappa shape index (κ3) is 5.21. The van der Waals surface area contributed by atoms with Crippen LogP contribution < -0.4 is 10.2 Å². The molecule has 0 saturated carbocycles. The van der Waals surface area contributed by atoms with Crippen molar-refractivity contribution in [2.45, 2.75) is 13.0 Å². The standard InChI is InChI=1S/C24H24FN3O2.H2/c25-21-3-1-2-18(14-21)16-27-24(29)15-22-7-4-20(17-26-22)19-5-8-23(9-6-19)28-10-12-30-13-11-28;/h1-9,14,17H,10-13,15-16H2,(H,27,29);1H. The van der Waals surface area contributed by atoms with Crippen molar-refractivity contribution in [1.29, 1.82) is 0 Å². The minimum absolute atomic E-state index is 0. The first-order chi connectivity index (χ1) is 14.7. The maximum Gasteiger partial charge on any atom is 0.226 e. The molecule has 0 radical (unpaired) electrons. The Hall–Kier alpha value is -3.25. The number of morpholine rings is 1. The van der Waals surface area contributed by atoms with Gasteiger partial charge in [0.05, 0.1) is 19.6 Å². The van der Waals surface area contributed by atoms with E-state index in [1.165, 1.54) is 17.8 Å². The fraction of sp³-hybridized carbons (Fsp3) is 0.250. The number of carbonyl (C=O) groups excluding carboxylic acids is 1. The summed E-state index contributed by atoms with van der Waals surface area (Å²) in [5.41, 5.74) is 4.71. The second-order valence-electron chi connectivity index (χ2n) is 7.27. The van der Waals surface area contributed by atoms with Crippen molar-refractivity contribution in [1.82, 2.24) is 10.3 Å². The van der Waals surface area contributed by atoms with Crippen LogP contribution in [0.25, 0.3) is 11.1 Å². The van der Waals surface area contributed by atoms with Crippen LogP contribution >= 0.6 is 0 Å². The van der Waals surface area contributed by atoms with Gasteiger partial charge in [-0.1, -0.05) is 30.3 Å². The minimum Gasteiger partial charge on any atom is -0.378 e. The molecule has 0 bridgehead atoms. The molecule has 1 N–H and O–H groups in total. The average molecular weight is 407 g/mol. The normalized spacial score (nSPS) is 13.8.